The number of unbranched alkanes of at least 4 members (excludes halogenated alkanes) is 11. The number of carbonyl (C=O) groups is 1. The van der Waals surface area contributed by atoms with Crippen molar-refractivity contribution in [1.82, 2.24) is 0 Å². The molecule has 0 heterocycles. The van der Waals surface area contributed by atoms with Crippen LogP contribution in [-0.4, -0.2) is 17.7 Å². The van der Waals surface area contributed by atoms with Crippen molar-refractivity contribution < 1.29 is 14.6 Å². The minimum Gasteiger partial charge on any atom is -0.494 e. The fraction of sp³-hybridized carbons (Fsp3) is 0.625. The molecule has 27 heavy (non-hydrogen) atoms. The van der Waals surface area contributed by atoms with Gasteiger partial charge in [0.2, 0.25) is 0 Å². The molecule has 0 fully saturated rings. The van der Waals surface area contributed by atoms with E-state index in [1.165, 1.54) is 76.7 Å². The Hall–Kier alpha value is -1.77. The summed E-state index contributed by atoms with van der Waals surface area (Å²) in [4.78, 5) is 10.7. The van der Waals surface area contributed by atoms with Crippen molar-refractivity contribution in [3.8, 4) is 5.75 Å². The van der Waals surface area contributed by atoms with Gasteiger partial charge < -0.3 is 9.84 Å². The Balaban J connectivity index is 2.00. The second-order valence-corrected chi connectivity index (χ2v) is 7.43. The van der Waals surface area contributed by atoms with Gasteiger partial charge in [0.15, 0.2) is 0 Å². The molecule has 3 heteroatoms. The molecule has 0 unspecified atom stereocenters. The van der Waals surface area contributed by atoms with Crippen molar-refractivity contribution in [3.05, 3.63) is 35.9 Å². The van der Waals surface area contributed by atoms with E-state index in [1.54, 1.807) is 6.92 Å². The van der Waals surface area contributed by atoms with Crippen LogP contribution in [0.5, 0.6) is 5.75 Å². The van der Waals surface area contributed by atoms with Gasteiger partial charge in [0.1, 0.15) is 5.75 Å². The molecular weight excluding hydrogens is 336 g/mol. The van der Waals surface area contributed by atoms with Crippen molar-refractivity contribution in [2.75, 3.05) is 6.61 Å². The van der Waals surface area contributed by atoms with Crippen molar-refractivity contribution in [3.63, 3.8) is 0 Å². The van der Waals surface area contributed by atoms with Gasteiger partial charge in [-0.1, -0.05) is 89.7 Å². The monoisotopic (exact) mass is 374 g/mol. The molecule has 3 nitrogen and oxygen atoms in total. The zero-order valence-electron chi connectivity index (χ0n) is 17.3. The van der Waals surface area contributed by atoms with Gasteiger partial charge in [-0.05, 0) is 36.6 Å². The highest BCUT2D eigenvalue weighted by Gasteiger charge is 2.00. The summed E-state index contributed by atoms with van der Waals surface area (Å²) in [7, 11) is 0. The number of carboxylic acid groups (broad SMARTS) is 1. The number of hydrogen-bond acceptors (Lipinski definition) is 2. The van der Waals surface area contributed by atoms with Gasteiger partial charge in [0.25, 0.3) is 0 Å². The minimum absolute atomic E-state index is 0.745. The number of hydrogen-bond donors (Lipinski definition) is 1. The number of carboxylic acids is 1. The summed E-state index contributed by atoms with van der Waals surface area (Å²) in [5.41, 5.74) is 1.66. The van der Waals surface area contributed by atoms with Crippen LogP contribution in [0.3, 0.4) is 0 Å². The summed E-state index contributed by atoms with van der Waals surface area (Å²) < 4.78 is 5.78. The summed E-state index contributed by atoms with van der Waals surface area (Å²) >= 11 is 0. The molecule has 1 aromatic carbocycles. The van der Waals surface area contributed by atoms with Gasteiger partial charge in [-0.2, -0.15) is 0 Å². The Morgan fingerprint density at radius 2 is 1.33 bits per heavy atom. The van der Waals surface area contributed by atoms with Gasteiger partial charge in [-0.15, -0.1) is 0 Å². The molecule has 0 atom stereocenters. The van der Waals surface area contributed by atoms with Crippen LogP contribution in [0.2, 0.25) is 0 Å². The third kappa shape index (κ3) is 12.3. The second kappa shape index (κ2) is 15.3. The molecule has 152 valence electrons. The quantitative estimate of drug-likeness (QED) is 0.245. The van der Waals surface area contributed by atoms with Crippen molar-refractivity contribution >= 4 is 11.5 Å². The maximum Gasteiger partial charge on any atom is 0.328 e. The van der Waals surface area contributed by atoms with Gasteiger partial charge >= 0.3 is 5.97 Å². The van der Waals surface area contributed by atoms with E-state index in [4.69, 9.17) is 9.84 Å². The van der Waals surface area contributed by atoms with E-state index in [1.807, 2.05) is 24.3 Å². The summed E-state index contributed by atoms with van der Waals surface area (Å²) in [6, 6.07) is 7.64. The Bertz CT molecular complexity index is 531. The fourth-order valence-electron chi connectivity index (χ4n) is 3.22. The average Bonchev–Trinajstić information content (AvgIpc) is 2.65. The molecule has 0 bridgehead atoms. The lowest BCUT2D eigenvalue weighted by Crippen LogP contribution is -1.97. The van der Waals surface area contributed by atoms with Crippen LogP contribution in [-0.2, 0) is 4.79 Å². The molecule has 0 saturated carbocycles. The van der Waals surface area contributed by atoms with Crippen molar-refractivity contribution in [1.29, 1.82) is 0 Å². The van der Waals surface area contributed by atoms with Crippen molar-refractivity contribution in [2.24, 2.45) is 0 Å². The molecule has 1 N–H and O–H groups in total. The lowest BCUT2D eigenvalue weighted by molar-refractivity contribution is -0.131. The first kappa shape index (κ1) is 23.3. The average molecular weight is 375 g/mol. The zero-order valence-corrected chi connectivity index (χ0v) is 17.3. The van der Waals surface area contributed by atoms with Crippen LogP contribution in [0, 0.1) is 0 Å². The molecule has 1 rings (SSSR count). The molecule has 0 aromatic heterocycles. The SMILES string of the molecule is CCCCCCCCCCCCCCOc1ccc(/C(C)=C/C(=O)O)cc1. The summed E-state index contributed by atoms with van der Waals surface area (Å²) in [6.07, 6.45) is 17.3. The molecule has 0 aliphatic heterocycles. The van der Waals surface area contributed by atoms with E-state index < -0.39 is 5.97 Å². The maximum absolute atomic E-state index is 10.7. The molecule has 0 aliphatic carbocycles. The molecule has 0 saturated heterocycles. The molecule has 0 amide bonds. The largest absolute Gasteiger partial charge is 0.494 e. The first-order valence-electron chi connectivity index (χ1n) is 10.8. The maximum atomic E-state index is 10.7. The highest BCUT2D eigenvalue weighted by Crippen LogP contribution is 2.19. The molecule has 0 radical (unpaired) electrons. The molecule has 0 spiro atoms. The van der Waals surface area contributed by atoms with E-state index in [-0.39, 0.29) is 0 Å². The molecular formula is C24H38O3. The number of rotatable bonds is 16. The van der Waals surface area contributed by atoms with Crippen molar-refractivity contribution in [2.45, 2.75) is 90.9 Å². The number of ether oxygens (including phenoxy) is 1. The third-order valence-electron chi connectivity index (χ3n) is 4.92. The molecule has 0 aliphatic rings. The Morgan fingerprint density at radius 1 is 0.852 bits per heavy atom. The van der Waals surface area contributed by atoms with Gasteiger partial charge in [-0.25, -0.2) is 4.79 Å². The number of benzene rings is 1. The number of aliphatic carboxylic acids is 1. The number of allylic oxidation sites excluding steroid dienone is 1. The van der Waals surface area contributed by atoms with Gasteiger partial charge in [-0.3, -0.25) is 0 Å². The van der Waals surface area contributed by atoms with Crippen LogP contribution in [0.4, 0.5) is 0 Å². The highest BCUT2D eigenvalue weighted by molar-refractivity contribution is 5.89. The third-order valence-corrected chi connectivity index (χ3v) is 4.92. The summed E-state index contributed by atoms with van der Waals surface area (Å²) in [5.74, 6) is -0.0650. The second-order valence-electron chi connectivity index (χ2n) is 7.43. The van der Waals surface area contributed by atoms with Crippen LogP contribution >= 0.6 is 0 Å². The predicted octanol–water partition coefficient (Wildman–Crippen LogP) is 7.25. The Kier molecular flexibility index (Phi) is 13.2. The predicted molar refractivity (Wildman–Crippen MR) is 114 cm³/mol. The summed E-state index contributed by atoms with van der Waals surface area (Å²) in [5, 5.41) is 8.79. The van der Waals surface area contributed by atoms with Crippen LogP contribution in [0.15, 0.2) is 30.3 Å². The van der Waals surface area contributed by atoms with Gasteiger partial charge in [0.05, 0.1) is 6.61 Å². The summed E-state index contributed by atoms with van der Waals surface area (Å²) in [6.45, 7) is 4.82. The first-order valence-corrected chi connectivity index (χ1v) is 10.8. The van der Waals surface area contributed by atoms with Crippen LogP contribution in [0.25, 0.3) is 5.57 Å². The van der Waals surface area contributed by atoms with E-state index in [0.717, 1.165) is 29.9 Å². The smallest absolute Gasteiger partial charge is 0.328 e. The van der Waals surface area contributed by atoms with E-state index in [2.05, 4.69) is 6.92 Å². The van der Waals surface area contributed by atoms with E-state index >= 15 is 0 Å². The van der Waals surface area contributed by atoms with Crippen LogP contribution < -0.4 is 4.74 Å². The molecule has 1 aromatic rings. The highest BCUT2D eigenvalue weighted by atomic mass is 16.5. The Morgan fingerprint density at radius 3 is 1.81 bits per heavy atom. The van der Waals surface area contributed by atoms with E-state index in [0.29, 0.717) is 0 Å². The van der Waals surface area contributed by atoms with Crippen LogP contribution in [0.1, 0.15) is 96.5 Å². The standard InChI is InChI=1S/C24H38O3/c1-3-4-5-6-7-8-9-10-11-12-13-14-19-27-23-17-15-22(16-18-23)21(2)20-24(25)26/h15-18,20H,3-14,19H2,1-2H3,(H,25,26)/b21-20+. The fourth-order valence-corrected chi connectivity index (χ4v) is 3.22. The lowest BCUT2D eigenvalue weighted by atomic mass is 10.1. The van der Waals surface area contributed by atoms with Gasteiger partial charge in [0, 0.05) is 6.08 Å². The normalized spacial score (nSPS) is 11.6. The minimum atomic E-state index is -0.917. The zero-order chi connectivity index (χ0) is 19.7. The van der Waals surface area contributed by atoms with E-state index in [9.17, 15) is 4.79 Å². The lowest BCUT2D eigenvalue weighted by Gasteiger charge is -2.07. The Labute approximate surface area is 165 Å². The topological polar surface area (TPSA) is 46.5 Å². The first-order chi connectivity index (χ1) is 13.1.